The number of carbonyl (C=O) groups excluding carboxylic acids is 1. The van der Waals surface area contributed by atoms with Crippen molar-refractivity contribution in [3.8, 4) is 11.5 Å². The predicted molar refractivity (Wildman–Crippen MR) is 121 cm³/mol. The highest BCUT2D eigenvalue weighted by molar-refractivity contribution is 14.0. The SMILES string of the molecule is CN=C(NCCNC(=O)c1ccccc1)Nc1ccc2c(c1)OCCCO2.I. The van der Waals surface area contributed by atoms with Gasteiger partial charge >= 0.3 is 0 Å². The normalized spacial score (nSPS) is 13.0. The molecule has 7 nitrogen and oxygen atoms in total. The molecule has 2 aromatic rings. The number of fused-ring (bicyclic) bond motifs is 1. The summed E-state index contributed by atoms with van der Waals surface area (Å²) in [6.45, 7) is 2.33. The first-order valence-electron chi connectivity index (χ1n) is 8.97. The third-order valence-electron chi connectivity index (χ3n) is 3.97. The van der Waals surface area contributed by atoms with Gasteiger partial charge in [0.25, 0.3) is 5.91 Å². The van der Waals surface area contributed by atoms with Crippen LogP contribution >= 0.6 is 24.0 Å². The fourth-order valence-corrected chi connectivity index (χ4v) is 2.61. The molecule has 1 aliphatic heterocycles. The van der Waals surface area contributed by atoms with Gasteiger partial charge in [0.05, 0.1) is 13.2 Å². The zero-order valence-electron chi connectivity index (χ0n) is 15.7. The van der Waals surface area contributed by atoms with E-state index in [1.807, 2.05) is 36.4 Å². The second kappa shape index (κ2) is 11.4. The molecule has 0 bridgehead atoms. The van der Waals surface area contributed by atoms with Crippen LogP contribution in [0.5, 0.6) is 11.5 Å². The Kier molecular flexibility index (Phi) is 8.86. The van der Waals surface area contributed by atoms with E-state index in [-0.39, 0.29) is 29.9 Å². The number of aliphatic imine (C=N–C) groups is 1. The van der Waals surface area contributed by atoms with Gasteiger partial charge in [-0.1, -0.05) is 18.2 Å². The highest BCUT2D eigenvalue weighted by atomic mass is 127. The van der Waals surface area contributed by atoms with E-state index >= 15 is 0 Å². The number of nitrogens with one attached hydrogen (secondary N) is 3. The summed E-state index contributed by atoms with van der Waals surface area (Å²) in [7, 11) is 1.70. The van der Waals surface area contributed by atoms with Crippen LogP contribution in [0.2, 0.25) is 0 Å². The topological polar surface area (TPSA) is 84.0 Å². The number of carbonyl (C=O) groups is 1. The summed E-state index contributed by atoms with van der Waals surface area (Å²) in [5, 5.41) is 9.25. The minimum Gasteiger partial charge on any atom is -0.490 e. The van der Waals surface area contributed by atoms with Crippen molar-refractivity contribution in [3.63, 3.8) is 0 Å². The molecule has 1 aliphatic rings. The Bertz CT molecular complexity index is 799. The molecule has 0 unspecified atom stereocenters. The Hall–Kier alpha value is -2.49. The van der Waals surface area contributed by atoms with Crippen LogP contribution in [-0.2, 0) is 0 Å². The predicted octanol–water partition coefficient (Wildman–Crippen LogP) is 2.88. The summed E-state index contributed by atoms with van der Waals surface area (Å²) >= 11 is 0. The maximum absolute atomic E-state index is 12.0. The lowest BCUT2D eigenvalue weighted by molar-refractivity contribution is 0.0954. The fourth-order valence-electron chi connectivity index (χ4n) is 2.61. The molecule has 150 valence electrons. The van der Waals surface area contributed by atoms with Gasteiger partial charge in [0.15, 0.2) is 17.5 Å². The smallest absolute Gasteiger partial charge is 0.251 e. The number of benzene rings is 2. The van der Waals surface area contributed by atoms with E-state index in [0.29, 0.717) is 37.8 Å². The third-order valence-corrected chi connectivity index (χ3v) is 3.97. The van der Waals surface area contributed by atoms with Crippen molar-refractivity contribution in [3.05, 3.63) is 54.1 Å². The summed E-state index contributed by atoms with van der Waals surface area (Å²) in [5.41, 5.74) is 1.49. The van der Waals surface area contributed by atoms with Gasteiger partial charge in [-0.2, -0.15) is 0 Å². The number of amides is 1. The number of hydrogen-bond acceptors (Lipinski definition) is 4. The van der Waals surface area contributed by atoms with Crippen LogP contribution in [0.4, 0.5) is 5.69 Å². The lowest BCUT2D eigenvalue weighted by Crippen LogP contribution is -2.37. The number of anilines is 1. The van der Waals surface area contributed by atoms with Crippen molar-refractivity contribution in [1.29, 1.82) is 0 Å². The van der Waals surface area contributed by atoms with Crippen LogP contribution in [-0.4, -0.2) is 45.2 Å². The Morgan fingerprint density at radius 1 is 1.00 bits per heavy atom. The number of guanidine groups is 1. The average molecular weight is 496 g/mol. The molecule has 1 amide bonds. The average Bonchev–Trinajstić information content (AvgIpc) is 2.95. The van der Waals surface area contributed by atoms with Crippen molar-refractivity contribution in [2.24, 2.45) is 4.99 Å². The lowest BCUT2D eigenvalue weighted by Gasteiger charge is -2.14. The first kappa shape index (κ1) is 21.8. The maximum Gasteiger partial charge on any atom is 0.251 e. The number of halogens is 1. The molecule has 0 aromatic heterocycles. The Balaban J connectivity index is 0.00000280. The van der Waals surface area contributed by atoms with E-state index in [9.17, 15) is 4.79 Å². The van der Waals surface area contributed by atoms with Gasteiger partial charge in [0.1, 0.15) is 0 Å². The zero-order chi connectivity index (χ0) is 18.9. The van der Waals surface area contributed by atoms with Gasteiger partial charge in [-0.05, 0) is 24.3 Å². The minimum absolute atomic E-state index is 0. The molecule has 3 N–H and O–H groups in total. The van der Waals surface area contributed by atoms with Crippen molar-refractivity contribution in [2.75, 3.05) is 38.7 Å². The van der Waals surface area contributed by atoms with Gasteiger partial charge in [0, 0.05) is 43.9 Å². The van der Waals surface area contributed by atoms with Gasteiger partial charge < -0.3 is 25.4 Å². The summed E-state index contributed by atoms with van der Waals surface area (Å²) < 4.78 is 11.3. The van der Waals surface area contributed by atoms with Crippen molar-refractivity contribution >= 4 is 41.5 Å². The van der Waals surface area contributed by atoms with Gasteiger partial charge in [-0.3, -0.25) is 9.79 Å². The van der Waals surface area contributed by atoms with E-state index in [4.69, 9.17) is 9.47 Å². The molecule has 0 saturated heterocycles. The maximum atomic E-state index is 12.0. The molecule has 8 heteroatoms. The summed E-state index contributed by atoms with van der Waals surface area (Å²) in [6.07, 6.45) is 0.870. The van der Waals surface area contributed by atoms with E-state index in [1.54, 1.807) is 19.2 Å². The van der Waals surface area contributed by atoms with Crippen LogP contribution in [0.1, 0.15) is 16.8 Å². The molecular weight excluding hydrogens is 471 g/mol. The van der Waals surface area contributed by atoms with Crippen LogP contribution in [0, 0.1) is 0 Å². The molecule has 0 aliphatic carbocycles. The molecule has 0 radical (unpaired) electrons. The van der Waals surface area contributed by atoms with Gasteiger partial charge in [0.2, 0.25) is 0 Å². The molecule has 28 heavy (non-hydrogen) atoms. The fraction of sp³-hybridized carbons (Fsp3) is 0.300. The van der Waals surface area contributed by atoms with Gasteiger partial charge in [-0.25, -0.2) is 0 Å². The van der Waals surface area contributed by atoms with Crippen LogP contribution in [0.3, 0.4) is 0 Å². The number of hydrogen-bond donors (Lipinski definition) is 3. The number of nitrogens with zero attached hydrogens (tertiary/aromatic N) is 1. The van der Waals surface area contributed by atoms with Crippen molar-refractivity contribution in [1.82, 2.24) is 10.6 Å². The highest BCUT2D eigenvalue weighted by Gasteiger charge is 2.11. The molecule has 3 rings (SSSR count). The van der Waals surface area contributed by atoms with E-state index in [0.717, 1.165) is 23.6 Å². The van der Waals surface area contributed by atoms with Gasteiger partial charge in [-0.15, -0.1) is 24.0 Å². The Labute approximate surface area is 181 Å². The van der Waals surface area contributed by atoms with Crippen molar-refractivity contribution in [2.45, 2.75) is 6.42 Å². The summed E-state index contributed by atoms with van der Waals surface area (Å²) in [5.74, 6) is 1.99. The van der Waals surface area contributed by atoms with Crippen LogP contribution in [0.15, 0.2) is 53.5 Å². The number of rotatable bonds is 5. The second-order valence-corrected chi connectivity index (χ2v) is 5.96. The second-order valence-electron chi connectivity index (χ2n) is 5.96. The monoisotopic (exact) mass is 496 g/mol. The van der Waals surface area contributed by atoms with Crippen LogP contribution < -0.4 is 25.4 Å². The summed E-state index contributed by atoms with van der Waals surface area (Å²) in [4.78, 5) is 16.2. The number of ether oxygens (including phenoxy) is 2. The summed E-state index contributed by atoms with van der Waals surface area (Å²) in [6, 6.07) is 14.8. The third kappa shape index (κ3) is 6.29. The Morgan fingerprint density at radius 3 is 2.46 bits per heavy atom. The molecule has 0 atom stereocenters. The van der Waals surface area contributed by atoms with E-state index in [2.05, 4.69) is 20.9 Å². The van der Waals surface area contributed by atoms with E-state index < -0.39 is 0 Å². The molecule has 0 fully saturated rings. The largest absolute Gasteiger partial charge is 0.490 e. The quantitative estimate of drug-likeness (QED) is 0.257. The lowest BCUT2D eigenvalue weighted by atomic mass is 10.2. The molecule has 0 saturated carbocycles. The zero-order valence-corrected chi connectivity index (χ0v) is 18.1. The van der Waals surface area contributed by atoms with Crippen LogP contribution in [0.25, 0.3) is 0 Å². The molecular formula is C20H25IN4O3. The van der Waals surface area contributed by atoms with E-state index in [1.165, 1.54) is 0 Å². The molecule has 0 spiro atoms. The standard InChI is InChI=1S/C20H24N4O3.HI/c1-21-20(23-11-10-22-19(25)15-6-3-2-4-7-15)24-16-8-9-17-18(14-16)27-13-5-12-26-17;/h2-4,6-9,14H,5,10-13H2,1H3,(H,22,25)(H2,21,23,24);1H. The minimum atomic E-state index is -0.0942. The first-order chi connectivity index (χ1) is 13.3. The molecule has 2 aromatic carbocycles. The highest BCUT2D eigenvalue weighted by Crippen LogP contribution is 2.32. The first-order valence-corrected chi connectivity index (χ1v) is 8.97. The molecule has 1 heterocycles. The van der Waals surface area contributed by atoms with Crippen molar-refractivity contribution < 1.29 is 14.3 Å². The Morgan fingerprint density at radius 2 is 1.71 bits per heavy atom.